The first-order valence-electron chi connectivity index (χ1n) is 7.04. The van der Waals surface area contributed by atoms with E-state index >= 15 is 0 Å². The Kier molecular flexibility index (Phi) is 5.13. The summed E-state index contributed by atoms with van der Waals surface area (Å²) in [6, 6.07) is 6.29. The van der Waals surface area contributed by atoms with E-state index in [-0.39, 0.29) is 24.0 Å². The third-order valence-corrected chi connectivity index (χ3v) is 6.53. The fraction of sp³-hybridized carbons (Fsp3) is 0.308. The lowest BCUT2D eigenvalue weighted by molar-refractivity contribution is 0.184. The van der Waals surface area contributed by atoms with Crippen LogP contribution in [0.5, 0.6) is 0 Å². The van der Waals surface area contributed by atoms with E-state index in [0.717, 1.165) is 0 Å². The Bertz CT molecular complexity index is 820. The zero-order valence-electron chi connectivity index (χ0n) is 12.4. The zero-order valence-corrected chi connectivity index (χ0v) is 15.6. The van der Waals surface area contributed by atoms with Gasteiger partial charge in [-0.1, -0.05) is 33.3 Å². The summed E-state index contributed by atoms with van der Waals surface area (Å²) in [6.07, 6.45) is 0. The lowest BCUT2D eigenvalue weighted by Crippen LogP contribution is -2.51. The number of hydrogen-bond donors (Lipinski definition) is 1. The summed E-state index contributed by atoms with van der Waals surface area (Å²) in [6.45, 7) is 1.13. The quantitative estimate of drug-likeness (QED) is 0.799. The number of piperazine rings is 1. The normalized spacial score (nSPS) is 16.1. The topological polar surface area (TPSA) is 95.5 Å². The van der Waals surface area contributed by atoms with Crippen LogP contribution in [-0.4, -0.2) is 60.0 Å². The summed E-state index contributed by atoms with van der Waals surface area (Å²) >= 11 is 4.51. The molecule has 2 amide bonds. The number of benzene rings is 1. The van der Waals surface area contributed by atoms with Gasteiger partial charge >= 0.3 is 6.03 Å². The molecular weight excluding hydrogens is 418 g/mol. The molecule has 11 heteroatoms. The van der Waals surface area contributed by atoms with Crippen LogP contribution >= 0.6 is 27.3 Å². The number of halogens is 1. The number of nitrogens with zero attached hydrogens (tertiary/aromatic N) is 4. The molecule has 1 aromatic heterocycles. The number of anilines is 1. The van der Waals surface area contributed by atoms with E-state index < -0.39 is 10.0 Å². The van der Waals surface area contributed by atoms with E-state index in [1.807, 2.05) is 0 Å². The Labute approximate surface area is 151 Å². The summed E-state index contributed by atoms with van der Waals surface area (Å²) in [5.41, 5.74) is 1.53. The fourth-order valence-electron chi connectivity index (χ4n) is 2.31. The maximum Gasteiger partial charge on any atom is 0.323 e. The predicted molar refractivity (Wildman–Crippen MR) is 93.4 cm³/mol. The number of carbonyl (C=O) groups excluding carboxylic acids is 1. The maximum absolute atomic E-state index is 12.6. The van der Waals surface area contributed by atoms with Gasteiger partial charge in [-0.25, -0.2) is 13.2 Å². The van der Waals surface area contributed by atoms with Crippen LogP contribution in [0.1, 0.15) is 0 Å². The van der Waals surface area contributed by atoms with Gasteiger partial charge in [0.1, 0.15) is 5.51 Å². The molecule has 3 rings (SSSR count). The smallest absolute Gasteiger partial charge is 0.322 e. The van der Waals surface area contributed by atoms with Crippen LogP contribution in [0.4, 0.5) is 9.93 Å². The average Bonchev–Trinajstić information content (AvgIpc) is 3.08. The highest BCUT2D eigenvalue weighted by Gasteiger charge is 2.30. The third-order valence-electron chi connectivity index (χ3n) is 3.53. The summed E-state index contributed by atoms with van der Waals surface area (Å²) in [4.78, 5) is 13.9. The van der Waals surface area contributed by atoms with Crippen molar-refractivity contribution >= 4 is 48.5 Å². The van der Waals surface area contributed by atoms with E-state index in [1.54, 1.807) is 29.2 Å². The first-order chi connectivity index (χ1) is 11.5. The second kappa shape index (κ2) is 7.13. The largest absolute Gasteiger partial charge is 0.323 e. The molecule has 1 N–H and O–H groups in total. The lowest BCUT2D eigenvalue weighted by atomic mass is 10.4. The van der Waals surface area contributed by atoms with Crippen molar-refractivity contribution in [2.75, 3.05) is 31.5 Å². The Morgan fingerprint density at radius 3 is 2.62 bits per heavy atom. The Morgan fingerprint density at radius 1 is 1.25 bits per heavy atom. The van der Waals surface area contributed by atoms with Gasteiger partial charge in [0.15, 0.2) is 0 Å². The first kappa shape index (κ1) is 17.3. The molecule has 0 aliphatic carbocycles. The minimum atomic E-state index is -3.56. The molecule has 0 bridgehead atoms. The van der Waals surface area contributed by atoms with Gasteiger partial charge in [-0.15, -0.1) is 10.2 Å². The van der Waals surface area contributed by atoms with Crippen molar-refractivity contribution < 1.29 is 13.2 Å². The van der Waals surface area contributed by atoms with Gasteiger partial charge in [-0.2, -0.15) is 4.31 Å². The molecule has 1 saturated heterocycles. The highest BCUT2D eigenvalue weighted by Crippen LogP contribution is 2.21. The third kappa shape index (κ3) is 3.74. The number of rotatable bonds is 3. The molecule has 24 heavy (non-hydrogen) atoms. The van der Waals surface area contributed by atoms with E-state index in [0.29, 0.717) is 22.7 Å². The van der Waals surface area contributed by atoms with Crippen molar-refractivity contribution in [3.63, 3.8) is 0 Å². The molecule has 128 valence electrons. The molecule has 0 radical (unpaired) electrons. The number of aromatic nitrogens is 2. The van der Waals surface area contributed by atoms with Crippen molar-refractivity contribution in [1.29, 1.82) is 0 Å². The van der Waals surface area contributed by atoms with E-state index in [2.05, 4.69) is 31.4 Å². The van der Waals surface area contributed by atoms with Gasteiger partial charge < -0.3 is 4.90 Å². The molecule has 0 atom stereocenters. The molecule has 2 heterocycles. The van der Waals surface area contributed by atoms with Crippen LogP contribution in [0, 0.1) is 0 Å². The second-order valence-electron chi connectivity index (χ2n) is 5.02. The first-order valence-corrected chi connectivity index (χ1v) is 10.2. The number of carbonyl (C=O) groups is 1. The molecule has 0 saturated carbocycles. The molecule has 1 aromatic carbocycles. The molecule has 8 nitrogen and oxygen atoms in total. The minimum Gasteiger partial charge on any atom is -0.322 e. The molecular formula is C13H14BrN5O3S2. The Hall–Kier alpha value is -1.56. The number of sulfonamides is 1. The van der Waals surface area contributed by atoms with Crippen molar-refractivity contribution in [1.82, 2.24) is 19.4 Å². The average molecular weight is 432 g/mol. The maximum atomic E-state index is 12.6. The monoisotopic (exact) mass is 431 g/mol. The van der Waals surface area contributed by atoms with Crippen LogP contribution in [0.3, 0.4) is 0 Å². The predicted octanol–water partition coefficient (Wildman–Crippen LogP) is 1.84. The SMILES string of the molecule is O=C(Nc1nncs1)N1CCN(S(=O)(=O)c2cccc(Br)c2)CC1. The van der Waals surface area contributed by atoms with Gasteiger partial charge in [0.25, 0.3) is 0 Å². The van der Waals surface area contributed by atoms with Crippen molar-refractivity contribution in [3.8, 4) is 0 Å². The lowest BCUT2D eigenvalue weighted by Gasteiger charge is -2.33. The number of nitrogens with one attached hydrogen (secondary N) is 1. The molecule has 0 spiro atoms. The van der Waals surface area contributed by atoms with Gasteiger partial charge in [0.2, 0.25) is 15.2 Å². The number of hydrogen-bond acceptors (Lipinski definition) is 6. The van der Waals surface area contributed by atoms with Crippen LogP contribution in [-0.2, 0) is 10.0 Å². The Balaban J connectivity index is 1.63. The van der Waals surface area contributed by atoms with Crippen LogP contribution < -0.4 is 5.32 Å². The van der Waals surface area contributed by atoms with Crippen molar-refractivity contribution in [2.45, 2.75) is 4.90 Å². The summed E-state index contributed by atoms with van der Waals surface area (Å²) in [5, 5.41) is 10.5. The Morgan fingerprint density at radius 2 is 2.00 bits per heavy atom. The molecule has 1 aliphatic rings. The molecule has 0 unspecified atom stereocenters. The highest BCUT2D eigenvalue weighted by atomic mass is 79.9. The summed E-state index contributed by atoms with van der Waals surface area (Å²) in [5.74, 6) is 0. The molecule has 1 fully saturated rings. The number of amides is 2. The van der Waals surface area contributed by atoms with E-state index in [4.69, 9.17) is 0 Å². The fourth-order valence-corrected chi connectivity index (χ4v) is 4.76. The van der Waals surface area contributed by atoms with Crippen molar-refractivity contribution in [3.05, 3.63) is 34.2 Å². The van der Waals surface area contributed by atoms with Gasteiger partial charge in [-0.05, 0) is 18.2 Å². The number of urea groups is 1. The van der Waals surface area contributed by atoms with Crippen LogP contribution in [0.25, 0.3) is 0 Å². The van der Waals surface area contributed by atoms with Gasteiger partial charge in [0.05, 0.1) is 4.90 Å². The van der Waals surface area contributed by atoms with E-state index in [9.17, 15) is 13.2 Å². The van der Waals surface area contributed by atoms with Crippen molar-refractivity contribution in [2.24, 2.45) is 0 Å². The standard InChI is InChI=1S/C13H14BrN5O3S2/c14-10-2-1-3-11(8-10)24(21,22)19-6-4-18(5-7-19)13(20)16-12-17-15-9-23-12/h1-3,8-9H,4-7H2,(H,16,17,20). The van der Waals surface area contributed by atoms with Crippen LogP contribution in [0.2, 0.25) is 0 Å². The molecule has 1 aliphatic heterocycles. The zero-order chi connectivity index (χ0) is 17.2. The minimum absolute atomic E-state index is 0.239. The summed E-state index contributed by atoms with van der Waals surface area (Å²) < 4.78 is 27.4. The van der Waals surface area contributed by atoms with Gasteiger partial charge in [-0.3, -0.25) is 5.32 Å². The molecule has 2 aromatic rings. The summed E-state index contributed by atoms with van der Waals surface area (Å²) in [7, 11) is -3.56. The van der Waals surface area contributed by atoms with Gasteiger partial charge in [0, 0.05) is 30.7 Å². The second-order valence-corrected chi connectivity index (χ2v) is 8.71. The highest BCUT2D eigenvalue weighted by molar-refractivity contribution is 9.10. The van der Waals surface area contributed by atoms with Crippen LogP contribution in [0.15, 0.2) is 39.1 Å². The van der Waals surface area contributed by atoms with E-state index in [1.165, 1.54) is 21.2 Å².